The number of nitrogens with zero attached hydrogens (tertiary/aromatic N) is 2. The summed E-state index contributed by atoms with van der Waals surface area (Å²) < 4.78 is 1.97. The molecule has 1 amide bonds. The van der Waals surface area contributed by atoms with Gasteiger partial charge in [0.1, 0.15) is 0 Å². The molecule has 1 aromatic heterocycles. The van der Waals surface area contributed by atoms with Gasteiger partial charge in [-0.15, -0.1) is 0 Å². The molecule has 0 spiro atoms. The van der Waals surface area contributed by atoms with Crippen LogP contribution in [0.25, 0.3) is 11.3 Å². The molecule has 0 unspecified atom stereocenters. The van der Waals surface area contributed by atoms with Gasteiger partial charge in [-0.2, -0.15) is 0 Å². The molecule has 0 bridgehead atoms. The summed E-state index contributed by atoms with van der Waals surface area (Å²) in [5, 5.41) is 0.509. The van der Waals surface area contributed by atoms with E-state index in [2.05, 4.69) is 4.98 Å². The Kier molecular flexibility index (Phi) is 3.72. The Bertz CT molecular complexity index is 551. The van der Waals surface area contributed by atoms with Gasteiger partial charge < -0.3 is 10.3 Å². The van der Waals surface area contributed by atoms with Crippen LogP contribution in [0.3, 0.4) is 0 Å². The van der Waals surface area contributed by atoms with E-state index in [-0.39, 0.29) is 11.2 Å². The van der Waals surface area contributed by atoms with Gasteiger partial charge in [0.15, 0.2) is 5.16 Å². The average molecular weight is 261 g/mol. The number of imidazole rings is 1. The first kappa shape index (κ1) is 12.7. The zero-order valence-corrected chi connectivity index (χ0v) is 11.1. The Morgan fingerprint density at radius 1 is 1.39 bits per heavy atom. The molecule has 0 fully saturated rings. The predicted molar refractivity (Wildman–Crippen MR) is 73.2 cm³/mol. The van der Waals surface area contributed by atoms with E-state index < -0.39 is 0 Å². The van der Waals surface area contributed by atoms with Gasteiger partial charge in [-0.3, -0.25) is 4.79 Å². The fraction of sp³-hybridized carbons (Fsp3) is 0.231. The summed E-state index contributed by atoms with van der Waals surface area (Å²) in [6.07, 6.45) is 1.81. The normalized spacial score (nSPS) is 12.3. The van der Waals surface area contributed by atoms with Gasteiger partial charge in [-0.1, -0.05) is 42.1 Å². The molecule has 94 valence electrons. The van der Waals surface area contributed by atoms with Crippen LogP contribution in [0.4, 0.5) is 0 Å². The number of nitrogens with two attached hydrogens (primary N) is 1. The van der Waals surface area contributed by atoms with E-state index in [4.69, 9.17) is 5.73 Å². The fourth-order valence-corrected chi connectivity index (χ4v) is 2.40. The molecule has 1 aromatic carbocycles. The van der Waals surface area contributed by atoms with E-state index in [1.54, 1.807) is 6.92 Å². The molecule has 0 aliphatic carbocycles. The van der Waals surface area contributed by atoms with Gasteiger partial charge >= 0.3 is 0 Å². The molecular weight excluding hydrogens is 246 g/mol. The Hall–Kier alpha value is -1.75. The molecular formula is C13H15N3OS. The number of thioether (sulfide) groups is 1. The highest BCUT2D eigenvalue weighted by Gasteiger charge is 2.15. The van der Waals surface area contributed by atoms with E-state index in [0.717, 1.165) is 16.4 Å². The minimum Gasteiger partial charge on any atom is -0.369 e. The summed E-state index contributed by atoms with van der Waals surface area (Å²) in [6.45, 7) is 1.78. The van der Waals surface area contributed by atoms with Crippen molar-refractivity contribution in [1.29, 1.82) is 0 Å². The van der Waals surface area contributed by atoms with E-state index in [1.165, 1.54) is 11.8 Å². The van der Waals surface area contributed by atoms with Crippen molar-refractivity contribution in [3.63, 3.8) is 0 Å². The highest BCUT2D eigenvalue weighted by atomic mass is 32.2. The number of benzene rings is 1. The van der Waals surface area contributed by atoms with Crippen LogP contribution >= 0.6 is 11.8 Å². The lowest BCUT2D eigenvalue weighted by atomic mass is 10.2. The van der Waals surface area contributed by atoms with Crippen LogP contribution in [0.2, 0.25) is 0 Å². The maximum atomic E-state index is 11.1. The molecule has 0 aliphatic rings. The summed E-state index contributed by atoms with van der Waals surface area (Å²) in [5.41, 5.74) is 7.38. The third kappa shape index (κ3) is 2.56. The third-order valence-electron chi connectivity index (χ3n) is 2.70. The topological polar surface area (TPSA) is 60.9 Å². The van der Waals surface area contributed by atoms with Crippen LogP contribution in [0, 0.1) is 0 Å². The first-order valence-electron chi connectivity index (χ1n) is 5.62. The number of carbonyl (C=O) groups is 1. The molecule has 2 aromatic rings. The average Bonchev–Trinajstić information content (AvgIpc) is 2.72. The molecule has 5 heteroatoms. The van der Waals surface area contributed by atoms with Crippen molar-refractivity contribution in [2.75, 3.05) is 0 Å². The summed E-state index contributed by atoms with van der Waals surface area (Å²) in [5.74, 6) is -0.329. The van der Waals surface area contributed by atoms with Crippen molar-refractivity contribution in [2.24, 2.45) is 12.8 Å². The molecule has 0 saturated heterocycles. The monoisotopic (exact) mass is 261 g/mol. The number of hydrogen-bond donors (Lipinski definition) is 1. The predicted octanol–water partition coefficient (Wildman–Crippen LogP) is 2.05. The Balaban J connectivity index is 2.27. The minimum atomic E-state index is -0.329. The number of rotatable bonds is 4. The SMILES string of the molecule is C[C@@H](Sc1ncc(-c2ccccc2)n1C)C(N)=O. The molecule has 0 aliphatic heterocycles. The summed E-state index contributed by atoms with van der Waals surface area (Å²) >= 11 is 1.37. The van der Waals surface area contributed by atoms with Crippen LogP contribution in [-0.2, 0) is 11.8 Å². The Morgan fingerprint density at radius 2 is 2.06 bits per heavy atom. The van der Waals surface area contributed by atoms with Gasteiger partial charge in [-0.05, 0) is 12.5 Å². The van der Waals surface area contributed by atoms with Gasteiger partial charge in [0.2, 0.25) is 5.91 Å². The Morgan fingerprint density at radius 3 is 2.67 bits per heavy atom. The maximum Gasteiger partial charge on any atom is 0.230 e. The largest absolute Gasteiger partial charge is 0.369 e. The number of aromatic nitrogens is 2. The zero-order chi connectivity index (χ0) is 13.1. The van der Waals surface area contributed by atoms with Crippen molar-refractivity contribution in [3.05, 3.63) is 36.5 Å². The maximum absolute atomic E-state index is 11.1. The van der Waals surface area contributed by atoms with Gasteiger partial charge in [0, 0.05) is 7.05 Å². The van der Waals surface area contributed by atoms with E-state index >= 15 is 0 Å². The van der Waals surface area contributed by atoms with Crippen molar-refractivity contribution in [3.8, 4) is 11.3 Å². The second-order valence-corrected chi connectivity index (χ2v) is 5.32. The lowest BCUT2D eigenvalue weighted by molar-refractivity contribution is -0.117. The molecule has 2 N–H and O–H groups in total. The van der Waals surface area contributed by atoms with E-state index in [1.807, 2.05) is 48.1 Å². The number of hydrogen-bond acceptors (Lipinski definition) is 3. The zero-order valence-electron chi connectivity index (χ0n) is 10.3. The first-order valence-corrected chi connectivity index (χ1v) is 6.50. The van der Waals surface area contributed by atoms with E-state index in [0.29, 0.717) is 0 Å². The molecule has 0 radical (unpaired) electrons. The molecule has 1 atom stereocenters. The highest BCUT2D eigenvalue weighted by Crippen LogP contribution is 2.26. The molecule has 4 nitrogen and oxygen atoms in total. The minimum absolute atomic E-state index is 0.283. The van der Waals surface area contributed by atoms with E-state index in [9.17, 15) is 4.79 Å². The third-order valence-corrected chi connectivity index (χ3v) is 3.87. The summed E-state index contributed by atoms with van der Waals surface area (Å²) in [4.78, 5) is 15.4. The van der Waals surface area contributed by atoms with Gasteiger partial charge in [-0.25, -0.2) is 4.98 Å². The van der Waals surface area contributed by atoms with Crippen molar-refractivity contribution >= 4 is 17.7 Å². The quantitative estimate of drug-likeness (QED) is 0.857. The van der Waals surface area contributed by atoms with Crippen LogP contribution in [0.5, 0.6) is 0 Å². The lowest BCUT2D eigenvalue weighted by Gasteiger charge is -2.08. The van der Waals surface area contributed by atoms with Crippen LogP contribution in [0.15, 0.2) is 41.7 Å². The summed E-state index contributed by atoms with van der Waals surface area (Å²) in [6, 6.07) is 10.0. The Labute approximate surface area is 110 Å². The van der Waals surface area contributed by atoms with Crippen molar-refractivity contribution < 1.29 is 4.79 Å². The second kappa shape index (κ2) is 5.27. The molecule has 1 heterocycles. The van der Waals surface area contributed by atoms with Crippen molar-refractivity contribution in [2.45, 2.75) is 17.3 Å². The number of amides is 1. The first-order chi connectivity index (χ1) is 8.59. The standard InChI is InChI=1S/C13H15N3OS/c1-9(12(14)17)18-13-15-8-11(16(13)2)10-6-4-3-5-7-10/h3-9H,1-2H3,(H2,14,17)/t9-/m1/s1. The number of carbonyl (C=O) groups excluding carboxylic acids is 1. The van der Waals surface area contributed by atoms with Crippen LogP contribution < -0.4 is 5.73 Å². The molecule has 2 rings (SSSR count). The smallest absolute Gasteiger partial charge is 0.230 e. The fourth-order valence-electron chi connectivity index (χ4n) is 1.60. The second-order valence-electron chi connectivity index (χ2n) is 4.01. The van der Waals surface area contributed by atoms with Crippen molar-refractivity contribution in [1.82, 2.24) is 9.55 Å². The molecule has 0 saturated carbocycles. The summed E-state index contributed by atoms with van der Waals surface area (Å²) in [7, 11) is 1.94. The van der Waals surface area contributed by atoms with Crippen LogP contribution in [0.1, 0.15) is 6.92 Å². The number of primary amides is 1. The van der Waals surface area contributed by atoms with Gasteiger partial charge in [0.25, 0.3) is 0 Å². The molecule has 18 heavy (non-hydrogen) atoms. The van der Waals surface area contributed by atoms with Crippen LogP contribution in [-0.4, -0.2) is 20.7 Å². The van der Waals surface area contributed by atoms with Gasteiger partial charge in [0.05, 0.1) is 17.1 Å². The highest BCUT2D eigenvalue weighted by molar-refractivity contribution is 8.00. The lowest BCUT2D eigenvalue weighted by Crippen LogP contribution is -2.22.